The van der Waals surface area contributed by atoms with Crippen LogP contribution in [-0.4, -0.2) is 31.5 Å². The second kappa shape index (κ2) is 8.77. The molecule has 0 saturated carbocycles. The van der Waals surface area contributed by atoms with Crippen molar-refractivity contribution in [3.05, 3.63) is 59.7 Å². The lowest BCUT2D eigenvalue weighted by atomic mass is 9.83. The molecule has 0 unspecified atom stereocenters. The van der Waals surface area contributed by atoms with E-state index in [-0.39, 0.29) is 12.3 Å². The Morgan fingerprint density at radius 3 is 2.34 bits per heavy atom. The first-order valence-electron chi connectivity index (χ1n) is 9.38. The molecule has 1 aliphatic heterocycles. The third-order valence-electron chi connectivity index (χ3n) is 5.03. The van der Waals surface area contributed by atoms with Crippen molar-refractivity contribution in [3.63, 3.8) is 0 Å². The maximum atomic E-state index is 12.9. The van der Waals surface area contributed by atoms with Crippen LogP contribution in [-0.2, 0) is 19.1 Å². The van der Waals surface area contributed by atoms with Crippen LogP contribution in [0.2, 0.25) is 0 Å². The predicted molar refractivity (Wildman–Crippen MR) is 107 cm³/mol. The Bertz CT molecular complexity index is 892. The summed E-state index contributed by atoms with van der Waals surface area (Å²) in [6.07, 6.45) is 0.534. The SMILES string of the molecule is COc1ccc([C@H]2[C@H](C(=O)OCC(N)=O)CCC(=O)N2c2ccc(C)cc2)cc1. The molecule has 1 fully saturated rings. The van der Waals surface area contributed by atoms with Crippen LogP contribution in [0.3, 0.4) is 0 Å². The summed E-state index contributed by atoms with van der Waals surface area (Å²) in [5.41, 5.74) is 7.66. The zero-order chi connectivity index (χ0) is 21.0. The molecule has 0 bridgehead atoms. The predicted octanol–water partition coefficient (Wildman–Crippen LogP) is 2.52. The van der Waals surface area contributed by atoms with E-state index in [0.29, 0.717) is 17.9 Å². The fourth-order valence-corrected chi connectivity index (χ4v) is 3.58. The fourth-order valence-electron chi connectivity index (χ4n) is 3.58. The topological polar surface area (TPSA) is 98.9 Å². The van der Waals surface area contributed by atoms with Crippen molar-refractivity contribution in [1.82, 2.24) is 0 Å². The molecule has 2 amide bonds. The highest BCUT2D eigenvalue weighted by Crippen LogP contribution is 2.41. The summed E-state index contributed by atoms with van der Waals surface area (Å²) < 4.78 is 10.3. The Kier molecular flexibility index (Phi) is 6.16. The van der Waals surface area contributed by atoms with Gasteiger partial charge in [0.25, 0.3) is 5.91 Å². The first-order valence-corrected chi connectivity index (χ1v) is 9.38. The van der Waals surface area contributed by atoms with Crippen LogP contribution in [0.25, 0.3) is 0 Å². The highest BCUT2D eigenvalue weighted by atomic mass is 16.5. The Labute approximate surface area is 169 Å². The fraction of sp³-hybridized carbons (Fsp3) is 0.318. The van der Waals surface area contributed by atoms with Crippen LogP contribution in [0, 0.1) is 12.8 Å². The summed E-state index contributed by atoms with van der Waals surface area (Å²) in [7, 11) is 1.57. The number of rotatable bonds is 6. The molecule has 2 atom stereocenters. The summed E-state index contributed by atoms with van der Waals surface area (Å²) in [5, 5.41) is 0. The number of amides is 2. The van der Waals surface area contributed by atoms with Gasteiger partial charge in [-0.3, -0.25) is 14.4 Å². The Morgan fingerprint density at radius 1 is 1.10 bits per heavy atom. The van der Waals surface area contributed by atoms with E-state index in [0.717, 1.165) is 11.1 Å². The van der Waals surface area contributed by atoms with Crippen LogP contribution in [0.4, 0.5) is 5.69 Å². The second-order valence-corrected chi connectivity index (χ2v) is 7.04. The van der Waals surface area contributed by atoms with E-state index < -0.39 is 30.4 Å². The van der Waals surface area contributed by atoms with E-state index >= 15 is 0 Å². The van der Waals surface area contributed by atoms with E-state index in [1.54, 1.807) is 24.1 Å². The number of primary amides is 1. The first-order chi connectivity index (χ1) is 13.9. The number of carbonyl (C=O) groups is 3. The summed E-state index contributed by atoms with van der Waals surface area (Å²) in [6, 6.07) is 14.2. The van der Waals surface area contributed by atoms with E-state index in [9.17, 15) is 14.4 Å². The third-order valence-corrected chi connectivity index (χ3v) is 5.03. The van der Waals surface area contributed by atoms with Crippen LogP contribution >= 0.6 is 0 Å². The molecule has 0 radical (unpaired) electrons. The van der Waals surface area contributed by atoms with Crippen molar-refractivity contribution in [3.8, 4) is 5.75 Å². The lowest BCUT2D eigenvalue weighted by molar-refractivity contribution is -0.154. The minimum atomic E-state index is -0.721. The molecule has 152 valence electrons. The number of esters is 1. The van der Waals surface area contributed by atoms with Crippen molar-refractivity contribution in [2.24, 2.45) is 11.7 Å². The molecule has 1 aliphatic rings. The van der Waals surface area contributed by atoms with Gasteiger partial charge in [0.2, 0.25) is 5.91 Å². The van der Waals surface area contributed by atoms with Crippen molar-refractivity contribution in [1.29, 1.82) is 0 Å². The summed E-state index contributed by atoms with van der Waals surface area (Å²) in [4.78, 5) is 38.3. The van der Waals surface area contributed by atoms with Gasteiger partial charge >= 0.3 is 5.97 Å². The maximum absolute atomic E-state index is 12.9. The maximum Gasteiger partial charge on any atom is 0.311 e. The number of hydrogen-bond donors (Lipinski definition) is 1. The quantitative estimate of drug-likeness (QED) is 0.757. The summed E-state index contributed by atoms with van der Waals surface area (Å²) >= 11 is 0. The number of carbonyl (C=O) groups excluding carboxylic acids is 3. The van der Waals surface area contributed by atoms with E-state index in [1.165, 1.54) is 0 Å². The lowest BCUT2D eigenvalue weighted by Gasteiger charge is -2.40. The molecule has 2 aromatic rings. The van der Waals surface area contributed by atoms with E-state index in [4.69, 9.17) is 15.2 Å². The standard InChI is InChI=1S/C22H24N2O5/c1-14-3-7-16(8-4-14)24-20(26)12-11-18(22(27)29-13-19(23)25)21(24)15-5-9-17(28-2)10-6-15/h3-10,18,21H,11-13H2,1-2H3,(H2,23,25)/t18-,21+/m1/s1. The number of methoxy groups -OCH3 is 1. The molecule has 1 saturated heterocycles. The number of nitrogens with zero attached hydrogens (tertiary/aromatic N) is 1. The summed E-state index contributed by atoms with van der Waals surface area (Å²) in [6.45, 7) is 1.48. The number of hydrogen-bond acceptors (Lipinski definition) is 5. The van der Waals surface area contributed by atoms with Gasteiger partial charge in [-0.2, -0.15) is 0 Å². The molecule has 0 aromatic heterocycles. The average Bonchev–Trinajstić information content (AvgIpc) is 2.72. The smallest absolute Gasteiger partial charge is 0.311 e. The van der Waals surface area contributed by atoms with Gasteiger partial charge in [-0.25, -0.2) is 0 Å². The molecule has 1 heterocycles. The van der Waals surface area contributed by atoms with E-state index in [2.05, 4.69) is 0 Å². The number of piperidine rings is 1. The van der Waals surface area contributed by atoms with Gasteiger partial charge in [0.15, 0.2) is 6.61 Å². The van der Waals surface area contributed by atoms with Gasteiger partial charge < -0.3 is 20.1 Å². The van der Waals surface area contributed by atoms with Gasteiger partial charge in [0, 0.05) is 12.1 Å². The highest BCUT2D eigenvalue weighted by Gasteiger charge is 2.42. The van der Waals surface area contributed by atoms with Gasteiger partial charge in [0.05, 0.1) is 19.1 Å². The molecule has 2 aromatic carbocycles. The molecule has 0 spiro atoms. The molecule has 7 nitrogen and oxygen atoms in total. The van der Waals surface area contributed by atoms with Crippen molar-refractivity contribution in [2.45, 2.75) is 25.8 Å². The zero-order valence-electron chi connectivity index (χ0n) is 16.5. The van der Waals surface area contributed by atoms with E-state index in [1.807, 2.05) is 43.3 Å². The first kappa shape index (κ1) is 20.4. The summed E-state index contributed by atoms with van der Waals surface area (Å²) in [5.74, 6) is -1.29. The third kappa shape index (κ3) is 4.56. The number of nitrogens with two attached hydrogens (primary N) is 1. The van der Waals surface area contributed by atoms with Crippen LogP contribution in [0.5, 0.6) is 5.75 Å². The average molecular weight is 396 g/mol. The monoisotopic (exact) mass is 396 g/mol. The minimum Gasteiger partial charge on any atom is -0.497 e. The molecule has 7 heteroatoms. The second-order valence-electron chi connectivity index (χ2n) is 7.04. The number of benzene rings is 2. The Balaban J connectivity index is 2.02. The number of aryl methyl sites for hydroxylation is 1. The lowest BCUT2D eigenvalue weighted by Crippen LogP contribution is -2.46. The molecular formula is C22H24N2O5. The van der Waals surface area contributed by atoms with Gasteiger partial charge in [0.1, 0.15) is 5.75 Å². The van der Waals surface area contributed by atoms with Gasteiger partial charge in [-0.05, 0) is 43.2 Å². The molecule has 0 aliphatic carbocycles. The van der Waals surface area contributed by atoms with Gasteiger partial charge in [-0.1, -0.05) is 29.8 Å². The van der Waals surface area contributed by atoms with Crippen molar-refractivity contribution in [2.75, 3.05) is 18.6 Å². The van der Waals surface area contributed by atoms with Crippen LogP contribution in [0.15, 0.2) is 48.5 Å². The Hall–Kier alpha value is -3.35. The van der Waals surface area contributed by atoms with Crippen molar-refractivity contribution < 1.29 is 23.9 Å². The molecular weight excluding hydrogens is 372 g/mol. The largest absolute Gasteiger partial charge is 0.497 e. The van der Waals surface area contributed by atoms with Gasteiger partial charge in [-0.15, -0.1) is 0 Å². The number of anilines is 1. The Morgan fingerprint density at radius 2 is 1.76 bits per heavy atom. The highest BCUT2D eigenvalue weighted by molar-refractivity contribution is 5.97. The molecule has 2 N–H and O–H groups in total. The normalized spacial score (nSPS) is 19.0. The van der Waals surface area contributed by atoms with Crippen LogP contribution < -0.4 is 15.4 Å². The molecule has 29 heavy (non-hydrogen) atoms. The molecule has 3 rings (SSSR count). The van der Waals surface area contributed by atoms with Crippen molar-refractivity contribution >= 4 is 23.5 Å². The minimum absolute atomic E-state index is 0.0753. The zero-order valence-corrected chi connectivity index (χ0v) is 16.5. The number of ether oxygens (including phenoxy) is 2. The van der Waals surface area contributed by atoms with Crippen LogP contribution in [0.1, 0.15) is 30.0 Å².